The molecule has 0 fully saturated rings. The molecule has 2 aromatic carbocycles. The molecule has 0 aliphatic rings. The van der Waals surface area contributed by atoms with Crippen molar-refractivity contribution in [3.05, 3.63) is 64.7 Å². The van der Waals surface area contributed by atoms with Crippen LogP contribution < -0.4 is 5.32 Å². The summed E-state index contributed by atoms with van der Waals surface area (Å²) in [5, 5.41) is 16.0. The van der Waals surface area contributed by atoms with Crippen molar-refractivity contribution in [1.82, 2.24) is 25.5 Å². The number of nitrogens with one attached hydrogen (secondary N) is 1. The molecule has 0 spiro atoms. The number of carbonyl (C=O) groups is 1. The summed E-state index contributed by atoms with van der Waals surface area (Å²) in [4.78, 5) is 12.3. The normalized spacial score (nSPS) is 12.0. The van der Waals surface area contributed by atoms with Crippen molar-refractivity contribution in [1.29, 1.82) is 0 Å². The number of tetrazole rings is 1. The first-order chi connectivity index (χ1) is 12.5. The highest BCUT2D eigenvalue weighted by Gasteiger charge is 2.14. The lowest BCUT2D eigenvalue weighted by atomic mass is 10.1. The van der Waals surface area contributed by atoms with Crippen molar-refractivity contribution < 1.29 is 4.79 Å². The topological polar surface area (TPSA) is 72.7 Å². The molecule has 1 aromatic heterocycles. The molecular weight excluding hydrogens is 370 g/mol. The average molecular weight is 388 g/mol. The van der Waals surface area contributed by atoms with E-state index in [1.807, 2.05) is 62.4 Å². The molecule has 0 radical (unpaired) electrons. The summed E-state index contributed by atoms with van der Waals surface area (Å²) in [6.45, 7) is 3.93. The molecule has 0 aliphatic carbocycles. The van der Waals surface area contributed by atoms with Gasteiger partial charge in [0, 0.05) is 5.02 Å². The average Bonchev–Trinajstić information content (AvgIpc) is 3.09. The summed E-state index contributed by atoms with van der Waals surface area (Å²) < 4.78 is 1.65. The number of hydrogen-bond acceptors (Lipinski definition) is 5. The van der Waals surface area contributed by atoms with Crippen LogP contribution in [0.15, 0.2) is 53.7 Å². The minimum atomic E-state index is -0.104. The predicted octanol–water partition coefficient (Wildman–Crippen LogP) is 3.59. The molecule has 3 rings (SSSR count). The third-order valence-corrected chi connectivity index (χ3v) is 5.04. The van der Waals surface area contributed by atoms with E-state index >= 15 is 0 Å². The van der Waals surface area contributed by atoms with Crippen LogP contribution in [0, 0.1) is 6.92 Å². The Kier molecular flexibility index (Phi) is 5.90. The zero-order valence-electron chi connectivity index (χ0n) is 14.4. The highest BCUT2D eigenvalue weighted by atomic mass is 35.5. The van der Waals surface area contributed by atoms with Crippen LogP contribution in [0.1, 0.15) is 24.1 Å². The third kappa shape index (κ3) is 4.42. The molecule has 1 atom stereocenters. The predicted molar refractivity (Wildman–Crippen MR) is 103 cm³/mol. The maximum Gasteiger partial charge on any atom is 0.230 e. The largest absolute Gasteiger partial charge is 0.349 e. The summed E-state index contributed by atoms with van der Waals surface area (Å²) in [7, 11) is 0. The van der Waals surface area contributed by atoms with Crippen LogP contribution in [0.2, 0.25) is 5.02 Å². The van der Waals surface area contributed by atoms with E-state index in [1.165, 1.54) is 11.8 Å². The van der Waals surface area contributed by atoms with Gasteiger partial charge < -0.3 is 5.32 Å². The summed E-state index contributed by atoms with van der Waals surface area (Å²) in [6, 6.07) is 15.1. The SMILES string of the molecule is Cc1ccccc1-n1nnnc1SCC(=O)N[C@@H](C)c1ccc(Cl)cc1. The second kappa shape index (κ2) is 8.33. The monoisotopic (exact) mass is 387 g/mol. The van der Waals surface area contributed by atoms with Gasteiger partial charge in [0.15, 0.2) is 0 Å². The van der Waals surface area contributed by atoms with Gasteiger partial charge >= 0.3 is 0 Å². The van der Waals surface area contributed by atoms with Gasteiger partial charge in [-0.1, -0.05) is 53.7 Å². The van der Waals surface area contributed by atoms with Gasteiger partial charge in [-0.2, -0.15) is 4.68 Å². The molecule has 134 valence electrons. The van der Waals surface area contributed by atoms with E-state index < -0.39 is 0 Å². The Bertz CT molecular complexity index is 897. The third-order valence-electron chi connectivity index (χ3n) is 3.86. The Balaban J connectivity index is 1.61. The number of amides is 1. The fraction of sp³-hybridized carbons (Fsp3) is 0.222. The number of aromatic nitrogens is 4. The van der Waals surface area contributed by atoms with E-state index in [0.29, 0.717) is 10.2 Å². The Morgan fingerprint density at radius 1 is 1.23 bits per heavy atom. The van der Waals surface area contributed by atoms with Gasteiger partial charge in [-0.25, -0.2) is 0 Å². The van der Waals surface area contributed by atoms with Gasteiger partial charge in [-0.3, -0.25) is 4.79 Å². The molecule has 0 aliphatic heterocycles. The van der Waals surface area contributed by atoms with E-state index in [4.69, 9.17) is 11.6 Å². The van der Waals surface area contributed by atoms with Crippen molar-refractivity contribution in [3.8, 4) is 5.69 Å². The Hall–Kier alpha value is -2.38. The van der Waals surface area contributed by atoms with E-state index in [-0.39, 0.29) is 17.7 Å². The van der Waals surface area contributed by atoms with Gasteiger partial charge in [0.2, 0.25) is 11.1 Å². The van der Waals surface area contributed by atoms with Crippen molar-refractivity contribution in [2.45, 2.75) is 25.0 Å². The summed E-state index contributed by atoms with van der Waals surface area (Å²) in [5.41, 5.74) is 2.95. The van der Waals surface area contributed by atoms with E-state index in [0.717, 1.165) is 16.8 Å². The minimum Gasteiger partial charge on any atom is -0.349 e. The Morgan fingerprint density at radius 2 is 1.96 bits per heavy atom. The molecule has 1 amide bonds. The van der Waals surface area contributed by atoms with Gasteiger partial charge in [0.05, 0.1) is 17.5 Å². The summed E-state index contributed by atoms with van der Waals surface area (Å²) >= 11 is 7.19. The van der Waals surface area contributed by atoms with Crippen molar-refractivity contribution in [2.24, 2.45) is 0 Å². The number of rotatable bonds is 6. The Labute approximate surface area is 160 Å². The first-order valence-corrected chi connectivity index (χ1v) is 9.43. The number of aryl methyl sites for hydroxylation is 1. The molecule has 0 unspecified atom stereocenters. The zero-order chi connectivity index (χ0) is 18.5. The zero-order valence-corrected chi connectivity index (χ0v) is 16.0. The highest BCUT2D eigenvalue weighted by Crippen LogP contribution is 2.21. The van der Waals surface area contributed by atoms with Crippen LogP contribution in [-0.2, 0) is 4.79 Å². The fourth-order valence-electron chi connectivity index (χ4n) is 2.47. The van der Waals surface area contributed by atoms with Crippen LogP contribution in [0.3, 0.4) is 0 Å². The molecule has 26 heavy (non-hydrogen) atoms. The van der Waals surface area contributed by atoms with E-state index in [2.05, 4.69) is 20.8 Å². The summed E-state index contributed by atoms with van der Waals surface area (Å²) in [5.74, 6) is 0.140. The van der Waals surface area contributed by atoms with Crippen LogP contribution in [-0.4, -0.2) is 31.9 Å². The molecule has 0 saturated carbocycles. The van der Waals surface area contributed by atoms with Gasteiger partial charge in [0.25, 0.3) is 0 Å². The number of halogens is 1. The van der Waals surface area contributed by atoms with Crippen molar-refractivity contribution in [2.75, 3.05) is 5.75 Å². The maximum atomic E-state index is 12.3. The van der Waals surface area contributed by atoms with E-state index in [9.17, 15) is 4.79 Å². The lowest BCUT2D eigenvalue weighted by molar-refractivity contribution is -0.119. The van der Waals surface area contributed by atoms with Gasteiger partial charge in [0.1, 0.15) is 0 Å². The number of carbonyl (C=O) groups excluding carboxylic acids is 1. The second-order valence-corrected chi connectivity index (χ2v) is 7.17. The molecule has 6 nitrogen and oxygen atoms in total. The van der Waals surface area contributed by atoms with Crippen LogP contribution >= 0.6 is 23.4 Å². The molecule has 1 heterocycles. The van der Waals surface area contributed by atoms with Crippen LogP contribution in [0.5, 0.6) is 0 Å². The molecule has 3 aromatic rings. The number of para-hydroxylation sites is 1. The number of benzene rings is 2. The molecule has 0 saturated heterocycles. The first kappa shape index (κ1) is 18.4. The van der Waals surface area contributed by atoms with Gasteiger partial charge in [-0.05, 0) is 53.6 Å². The maximum absolute atomic E-state index is 12.3. The highest BCUT2D eigenvalue weighted by molar-refractivity contribution is 7.99. The molecular formula is C18H18ClN5OS. The standard InChI is InChI=1S/C18H18ClN5OS/c1-12-5-3-4-6-16(12)24-18(21-22-23-24)26-11-17(25)20-13(2)14-7-9-15(19)10-8-14/h3-10,13H,11H2,1-2H3,(H,20,25)/t13-/m0/s1. The summed E-state index contributed by atoms with van der Waals surface area (Å²) in [6.07, 6.45) is 0. The Morgan fingerprint density at radius 3 is 2.69 bits per heavy atom. The number of nitrogens with zero attached hydrogens (tertiary/aromatic N) is 4. The molecule has 8 heteroatoms. The fourth-order valence-corrected chi connectivity index (χ4v) is 3.29. The lowest BCUT2D eigenvalue weighted by Gasteiger charge is -2.14. The lowest BCUT2D eigenvalue weighted by Crippen LogP contribution is -2.28. The van der Waals surface area contributed by atoms with Gasteiger partial charge in [-0.15, -0.1) is 5.10 Å². The molecule has 0 bridgehead atoms. The minimum absolute atomic E-state index is 0.0863. The van der Waals surface area contributed by atoms with Crippen molar-refractivity contribution >= 4 is 29.3 Å². The van der Waals surface area contributed by atoms with Crippen molar-refractivity contribution in [3.63, 3.8) is 0 Å². The number of hydrogen-bond donors (Lipinski definition) is 1. The smallest absolute Gasteiger partial charge is 0.230 e. The first-order valence-electron chi connectivity index (χ1n) is 8.06. The quantitative estimate of drug-likeness (QED) is 0.654. The number of thioether (sulfide) groups is 1. The second-order valence-electron chi connectivity index (χ2n) is 5.79. The van der Waals surface area contributed by atoms with Crippen LogP contribution in [0.4, 0.5) is 0 Å². The molecule has 1 N–H and O–H groups in total. The van der Waals surface area contributed by atoms with Crippen LogP contribution in [0.25, 0.3) is 5.69 Å². The van der Waals surface area contributed by atoms with E-state index in [1.54, 1.807) is 4.68 Å².